The largest absolute Gasteiger partial charge is 0.493 e. The highest BCUT2D eigenvalue weighted by Gasteiger charge is 2.07. The summed E-state index contributed by atoms with van der Waals surface area (Å²) in [6, 6.07) is 19.5. The van der Waals surface area contributed by atoms with E-state index in [1.54, 1.807) is 18.3 Å². The number of hydrogen-bond acceptors (Lipinski definition) is 3. The zero-order chi connectivity index (χ0) is 22.6. The average molecular weight is 451 g/mol. The first kappa shape index (κ1) is 23.8. The molecule has 5 heteroatoms. The maximum atomic E-state index is 12.4. The highest BCUT2D eigenvalue weighted by atomic mass is 35.5. The molecule has 3 aromatic rings. The van der Waals surface area contributed by atoms with Crippen molar-refractivity contribution < 1.29 is 9.53 Å². The van der Waals surface area contributed by atoms with Gasteiger partial charge in [0.25, 0.3) is 0 Å². The summed E-state index contributed by atoms with van der Waals surface area (Å²) in [4.78, 5) is 12.4. The third-order valence-corrected chi connectivity index (χ3v) is 5.59. The number of unbranched alkanes of at least 4 members (excludes halogenated alkanes) is 5. The van der Waals surface area contributed by atoms with Crippen molar-refractivity contribution >= 4 is 34.5 Å². The lowest BCUT2D eigenvalue weighted by Crippen LogP contribution is -2.20. The van der Waals surface area contributed by atoms with Crippen molar-refractivity contribution in [3.05, 3.63) is 76.8 Å². The standard InChI is InChI=1S/C27H31ClN2O2/c1-2-3-4-5-6-9-17-32-26-16-15-24(28)18-23(26)20-29-30-27(31)19-22-13-10-12-21-11-7-8-14-25(21)22/h7-8,10-16,18,20H,2-6,9,17,19H2,1H3,(H,30,31). The van der Waals surface area contributed by atoms with Crippen molar-refractivity contribution in [2.45, 2.75) is 51.9 Å². The smallest absolute Gasteiger partial charge is 0.244 e. The fourth-order valence-corrected chi connectivity index (χ4v) is 3.83. The third-order valence-electron chi connectivity index (χ3n) is 5.35. The van der Waals surface area contributed by atoms with Gasteiger partial charge >= 0.3 is 0 Å². The molecule has 0 aliphatic rings. The first-order valence-electron chi connectivity index (χ1n) is 11.4. The van der Waals surface area contributed by atoms with Crippen LogP contribution in [0.1, 0.15) is 56.6 Å². The Morgan fingerprint density at radius 1 is 1.00 bits per heavy atom. The molecule has 0 atom stereocenters. The Morgan fingerprint density at radius 3 is 2.66 bits per heavy atom. The molecule has 168 valence electrons. The van der Waals surface area contributed by atoms with Crippen molar-refractivity contribution in [1.29, 1.82) is 0 Å². The molecule has 0 spiro atoms. The van der Waals surface area contributed by atoms with Crippen LogP contribution in [-0.2, 0) is 11.2 Å². The van der Waals surface area contributed by atoms with Gasteiger partial charge in [0, 0.05) is 10.6 Å². The molecule has 0 aliphatic carbocycles. The minimum atomic E-state index is -0.172. The number of halogens is 1. The predicted octanol–water partition coefficient (Wildman–Crippen LogP) is 6.93. The molecule has 0 aromatic heterocycles. The van der Waals surface area contributed by atoms with E-state index < -0.39 is 0 Å². The predicted molar refractivity (Wildman–Crippen MR) is 134 cm³/mol. The number of carbonyl (C=O) groups is 1. The van der Waals surface area contributed by atoms with Gasteiger partial charge in [-0.3, -0.25) is 4.79 Å². The van der Waals surface area contributed by atoms with Gasteiger partial charge in [0.2, 0.25) is 5.91 Å². The van der Waals surface area contributed by atoms with Gasteiger partial charge < -0.3 is 4.74 Å². The molecule has 32 heavy (non-hydrogen) atoms. The van der Waals surface area contributed by atoms with Crippen LogP contribution >= 0.6 is 11.6 Å². The maximum Gasteiger partial charge on any atom is 0.244 e. The second-order valence-electron chi connectivity index (χ2n) is 7.91. The van der Waals surface area contributed by atoms with Crippen molar-refractivity contribution in [2.75, 3.05) is 6.61 Å². The Balaban J connectivity index is 1.54. The molecule has 3 rings (SSSR count). The number of carbonyl (C=O) groups excluding carboxylic acids is 1. The minimum Gasteiger partial charge on any atom is -0.493 e. The summed E-state index contributed by atoms with van der Waals surface area (Å²) >= 11 is 6.15. The molecule has 0 heterocycles. The topological polar surface area (TPSA) is 50.7 Å². The summed E-state index contributed by atoms with van der Waals surface area (Å²) in [7, 11) is 0. The van der Waals surface area contributed by atoms with Crippen molar-refractivity contribution in [1.82, 2.24) is 5.43 Å². The number of rotatable bonds is 12. The van der Waals surface area contributed by atoms with Crippen LogP contribution in [0, 0.1) is 0 Å². The van der Waals surface area contributed by atoms with Gasteiger partial charge in [-0.1, -0.05) is 93.1 Å². The van der Waals surface area contributed by atoms with Crippen molar-refractivity contribution in [2.24, 2.45) is 5.10 Å². The molecular formula is C27H31ClN2O2. The Morgan fingerprint density at radius 2 is 1.78 bits per heavy atom. The van der Waals surface area contributed by atoms with E-state index in [0.29, 0.717) is 11.6 Å². The van der Waals surface area contributed by atoms with Crippen LogP contribution < -0.4 is 10.2 Å². The molecule has 0 unspecified atom stereocenters. The van der Waals surface area contributed by atoms with Gasteiger partial charge in [-0.25, -0.2) is 5.43 Å². The van der Waals surface area contributed by atoms with Gasteiger partial charge in [0.1, 0.15) is 5.75 Å². The van der Waals surface area contributed by atoms with Crippen LogP contribution in [0.4, 0.5) is 0 Å². The Hall–Kier alpha value is -2.85. The second kappa shape index (κ2) is 12.9. The highest BCUT2D eigenvalue weighted by molar-refractivity contribution is 6.30. The van der Waals surface area contributed by atoms with Gasteiger partial charge in [-0.2, -0.15) is 5.10 Å². The molecule has 0 fully saturated rings. The minimum absolute atomic E-state index is 0.172. The van der Waals surface area contributed by atoms with E-state index in [1.807, 2.05) is 48.5 Å². The number of nitrogens with zero attached hydrogens (tertiary/aromatic N) is 1. The number of nitrogens with one attached hydrogen (secondary N) is 1. The first-order valence-corrected chi connectivity index (χ1v) is 11.8. The number of ether oxygens (including phenoxy) is 1. The van der Waals surface area contributed by atoms with E-state index in [9.17, 15) is 4.79 Å². The monoisotopic (exact) mass is 450 g/mol. The van der Waals surface area contributed by atoms with Gasteiger partial charge in [0.05, 0.1) is 19.2 Å². The van der Waals surface area contributed by atoms with Crippen LogP contribution in [0.2, 0.25) is 5.02 Å². The fourth-order valence-electron chi connectivity index (χ4n) is 3.65. The number of hydrogen-bond donors (Lipinski definition) is 1. The SMILES string of the molecule is CCCCCCCCOc1ccc(Cl)cc1C=NNC(=O)Cc1cccc2ccccc12. The first-order chi connectivity index (χ1) is 15.7. The van der Waals surface area contributed by atoms with Gasteiger partial charge in [-0.05, 0) is 41.0 Å². The number of amides is 1. The summed E-state index contributed by atoms with van der Waals surface area (Å²) in [5.74, 6) is 0.546. The molecule has 0 saturated heterocycles. The maximum absolute atomic E-state index is 12.4. The molecule has 3 aromatic carbocycles. The normalized spacial score (nSPS) is 11.2. The van der Waals surface area contributed by atoms with Crippen LogP contribution in [-0.4, -0.2) is 18.7 Å². The molecular weight excluding hydrogens is 420 g/mol. The summed E-state index contributed by atoms with van der Waals surface area (Å²) in [6.45, 7) is 2.88. The molecule has 1 N–H and O–H groups in total. The highest BCUT2D eigenvalue weighted by Crippen LogP contribution is 2.22. The van der Waals surface area contributed by atoms with Crippen LogP contribution in [0.15, 0.2) is 65.8 Å². The van der Waals surface area contributed by atoms with E-state index in [1.165, 1.54) is 32.1 Å². The van der Waals surface area contributed by atoms with Gasteiger partial charge in [0.15, 0.2) is 0 Å². The molecule has 0 aliphatic heterocycles. The lowest BCUT2D eigenvalue weighted by molar-refractivity contribution is -0.120. The van der Waals surface area contributed by atoms with Crippen LogP contribution in [0.3, 0.4) is 0 Å². The number of hydrazone groups is 1. The molecule has 0 radical (unpaired) electrons. The van der Waals surface area contributed by atoms with E-state index in [2.05, 4.69) is 17.5 Å². The van der Waals surface area contributed by atoms with E-state index in [0.717, 1.165) is 34.1 Å². The second-order valence-corrected chi connectivity index (χ2v) is 8.34. The summed E-state index contributed by atoms with van der Waals surface area (Å²) in [6.07, 6.45) is 9.11. The van der Waals surface area contributed by atoms with Gasteiger partial charge in [-0.15, -0.1) is 0 Å². The molecule has 4 nitrogen and oxygen atoms in total. The van der Waals surface area contributed by atoms with Crippen LogP contribution in [0.25, 0.3) is 10.8 Å². The zero-order valence-corrected chi connectivity index (χ0v) is 19.4. The average Bonchev–Trinajstić information content (AvgIpc) is 2.80. The van der Waals surface area contributed by atoms with E-state index in [4.69, 9.17) is 16.3 Å². The fraction of sp³-hybridized carbons (Fsp3) is 0.333. The van der Waals surface area contributed by atoms with Crippen molar-refractivity contribution in [3.8, 4) is 5.75 Å². The summed E-state index contributed by atoms with van der Waals surface area (Å²) < 4.78 is 5.94. The Labute approximate surface area is 195 Å². The zero-order valence-electron chi connectivity index (χ0n) is 18.6. The third kappa shape index (κ3) is 7.38. The summed E-state index contributed by atoms with van der Waals surface area (Å²) in [5, 5.41) is 6.93. The lowest BCUT2D eigenvalue weighted by Gasteiger charge is -2.09. The molecule has 0 bridgehead atoms. The van der Waals surface area contributed by atoms with E-state index >= 15 is 0 Å². The molecule has 0 saturated carbocycles. The lowest BCUT2D eigenvalue weighted by atomic mass is 10.0. The molecule has 1 amide bonds. The van der Waals surface area contributed by atoms with Crippen LogP contribution in [0.5, 0.6) is 5.75 Å². The quantitative estimate of drug-likeness (QED) is 0.185. The number of fused-ring (bicyclic) bond motifs is 1. The Bertz CT molecular complexity index is 1040. The Kier molecular flexibility index (Phi) is 9.58. The summed E-state index contributed by atoms with van der Waals surface area (Å²) in [5.41, 5.74) is 4.34. The van der Waals surface area contributed by atoms with E-state index in [-0.39, 0.29) is 12.3 Å². The van der Waals surface area contributed by atoms with Crippen molar-refractivity contribution in [3.63, 3.8) is 0 Å². The number of benzene rings is 3.